The van der Waals surface area contributed by atoms with E-state index in [0.717, 1.165) is 19.0 Å². The Labute approximate surface area is 143 Å². The third-order valence-corrected chi connectivity index (χ3v) is 5.30. The molecular formula is C18H29N5O. The van der Waals surface area contributed by atoms with Gasteiger partial charge in [0.15, 0.2) is 5.65 Å². The quantitative estimate of drug-likeness (QED) is 0.934. The van der Waals surface area contributed by atoms with Crippen LogP contribution in [-0.2, 0) is 5.54 Å². The van der Waals surface area contributed by atoms with E-state index >= 15 is 0 Å². The Morgan fingerprint density at radius 1 is 1.33 bits per heavy atom. The number of anilines is 1. The first-order valence-corrected chi connectivity index (χ1v) is 9.08. The normalized spacial score (nSPS) is 18.9. The van der Waals surface area contributed by atoms with Crippen LogP contribution in [0.4, 0.5) is 5.95 Å². The van der Waals surface area contributed by atoms with E-state index in [9.17, 15) is 4.79 Å². The number of nitrogens with zero attached hydrogens (tertiary/aromatic N) is 4. The fourth-order valence-electron chi connectivity index (χ4n) is 3.87. The number of hydrogen-bond donors (Lipinski definition) is 1. The van der Waals surface area contributed by atoms with E-state index in [1.54, 1.807) is 6.20 Å². The van der Waals surface area contributed by atoms with Crippen molar-refractivity contribution in [3.63, 3.8) is 0 Å². The van der Waals surface area contributed by atoms with Gasteiger partial charge in [-0.2, -0.15) is 10.1 Å². The molecule has 0 spiro atoms. The van der Waals surface area contributed by atoms with Gasteiger partial charge >= 0.3 is 0 Å². The molecule has 3 rings (SSSR count). The SMILES string of the molecule is CCC(CC)C1CCN(c2nc3c(cnn3C(C)(C)C)c(=O)[nH]2)C1. The van der Waals surface area contributed by atoms with Crippen LogP contribution >= 0.6 is 0 Å². The Kier molecular flexibility index (Phi) is 4.40. The van der Waals surface area contributed by atoms with E-state index in [0.29, 0.717) is 22.9 Å². The lowest BCUT2D eigenvalue weighted by molar-refractivity contribution is 0.338. The second-order valence-corrected chi connectivity index (χ2v) is 7.93. The van der Waals surface area contributed by atoms with Gasteiger partial charge < -0.3 is 4.90 Å². The molecule has 1 unspecified atom stereocenters. The van der Waals surface area contributed by atoms with Gasteiger partial charge in [0.25, 0.3) is 5.56 Å². The number of H-pyrrole nitrogens is 1. The van der Waals surface area contributed by atoms with Crippen LogP contribution in [0.2, 0.25) is 0 Å². The molecule has 2 aromatic rings. The lowest BCUT2D eigenvalue weighted by Crippen LogP contribution is -2.28. The highest BCUT2D eigenvalue weighted by atomic mass is 16.1. The zero-order valence-electron chi connectivity index (χ0n) is 15.5. The summed E-state index contributed by atoms with van der Waals surface area (Å²) >= 11 is 0. The van der Waals surface area contributed by atoms with E-state index in [1.165, 1.54) is 19.3 Å². The van der Waals surface area contributed by atoms with Crippen LogP contribution in [0.3, 0.4) is 0 Å². The van der Waals surface area contributed by atoms with Crippen LogP contribution in [0.5, 0.6) is 0 Å². The summed E-state index contributed by atoms with van der Waals surface area (Å²) in [6, 6.07) is 0. The van der Waals surface area contributed by atoms with Crippen LogP contribution in [0.25, 0.3) is 11.0 Å². The zero-order chi connectivity index (χ0) is 17.5. The van der Waals surface area contributed by atoms with Crippen molar-refractivity contribution in [3.05, 3.63) is 16.6 Å². The molecule has 6 heteroatoms. The smallest absolute Gasteiger partial charge is 0.263 e. The number of rotatable bonds is 4. The molecule has 2 aromatic heterocycles. The summed E-state index contributed by atoms with van der Waals surface area (Å²) in [5.74, 6) is 2.13. The van der Waals surface area contributed by atoms with Gasteiger partial charge in [-0.3, -0.25) is 9.78 Å². The molecule has 0 radical (unpaired) electrons. The number of hydrogen-bond acceptors (Lipinski definition) is 4. The number of aromatic nitrogens is 4. The van der Waals surface area contributed by atoms with Crippen molar-refractivity contribution in [2.45, 2.75) is 59.4 Å². The van der Waals surface area contributed by atoms with Crippen LogP contribution in [0.1, 0.15) is 53.9 Å². The molecule has 1 aliphatic rings. The largest absolute Gasteiger partial charge is 0.342 e. The van der Waals surface area contributed by atoms with Crippen molar-refractivity contribution in [1.29, 1.82) is 0 Å². The maximum atomic E-state index is 12.4. The maximum Gasteiger partial charge on any atom is 0.263 e. The summed E-state index contributed by atoms with van der Waals surface area (Å²) in [6.45, 7) is 12.7. The molecule has 1 aliphatic heterocycles. The minimum Gasteiger partial charge on any atom is -0.342 e. The average molecular weight is 331 g/mol. The highest BCUT2D eigenvalue weighted by Gasteiger charge is 2.29. The summed E-state index contributed by atoms with van der Waals surface area (Å²) in [6.07, 6.45) is 5.23. The molecule has 0 bridgehead atoms. The molecule has 1 N–H and O–H groups in total. The fourth-order valence-corrected chi connectivity index (χ4v) is 3.87. The van der Waals surface area contributed by atoms with Gasteiger partial charge in [0.05, 0.1) is 11.7 Å². The first-order chi connectivity index (χ1) is 11.3. The van der Waals surface area contributed by atoms with Crippen molar-refractivity contribution in [3.8, 4) is 0 Å². The van der Waals surface area contributed by atoms with Crippen molar-refractivity contribution in [1.82, 2.24) is 19.7 Å². The molecule has 0 amide bonds. The van der Waals surface area contributed by atoms with Crippen molar-refractivity contribution >= 4 is 17.0 Å². The third kappa shape index (κ3) is 2.94. The van der Waals surface area contributed by atoms with E-state index in [-0.39, 0.29) is 11.1 Å². The summed E-state index contributed by atoms with van der Waals surface area (Å²) < 4.78 is 1.84. The van der Waals surface area contributed by atoms with E-state index in [1.807, 2.05) is 4.68 Å². The summed E-state index contributed by atoms with van der Waals surface area (Å²) in [4.78, 5) is 22.4. The van der Waals surface area contributed by atoms with Crippen LogP contribution < -0.4 is 10.5 Å². The predicted molar refractivity (Wildman–Crippen MR) is 97.5 cm³/mol. The van der Waals surface area contributed by atoms with Crippen LogP contribution in [-0.4, -0.2) is 32.8 Å². The first kappa shape index (κ1) is 17.0. The maximum absolute atomic E-state index is 12.4. The molecule has 0 saturated carbocycles. The standard InChI is InChI=1S/C18H29N5O/c1-6-12(7-2)13-8-9-22(11-13)17-20-15-14(16(24)21-17)10-19-23(15)18(3,4)5/h10,12-13H,6-9,11H2,1-5H3,(H,20,21,24). The zero-order valence-corrected chi connectivity index (χ0v) is 15.5. The average Bonchev–Trinajstić information content (AvgIpc) is 3.14. The van der Waals surface area contributed by atoms with E-state index in [4.69, 9.17) is 4.98 Å². The Hall–Kier alpha value is -1.85. The molecule has 132 valence electrons. The lowest BCUT2D eigenvalue weighted by atomic mass is 9.87. The first-order valence-electron chi connectivity index (χ1n) is 9.08. The number of aromatic amines is 1. The van der Waals surface area contributed by atoms with Crippen molar-refractivity contribution in [2.24, 2.45) is 11.8 Å². The molecule has 1 saturated heterocycles. The fraction of sp³-hybridized carbons (Fsp3) is 0.722. The van der Waals surface area contributed by atoms with E-state index < -0.39 is 0 Å². The molecule has 3 heterocycles. The van der Waals surface area contributed by atoms with Crippen LogP contribution in [0, 0.1) is 11.8 Å². The number of nitrogens with one attached hydrogen (secondary N) is 1. The summed E-state index contributed by atoms with van der Waals surface area (Å²) in [5.41, 5.74) is 0.367. The molecule has 1 fully saturated rings. The Morgan fingerprint density at radius 2 is 2.04 bits per heavy atom. The molecule has 24 heavy (non-hydrogen) atoms. The second-order valence-electron chi connectivity index (χ2n) is 7.93. The van der Waals surface area contributed by atoms with Gasteiger partial charge in [-0.25, -0.2) is 4.68 Å². The molecular weight excluding hydrogens is 302 g/mol. The van der Waals surface area contributed by atoms with Gasteiger partial charge in [0, 0.05) is 13.1 Å². The van der Waals surface area contributed by atoms with Gasteiger partial charge in [0.1, 0.15) is 5.39 Å². The van der Waals surface area contributed by atoms with Gasteiger partial charge in [-0.05, 0) is 39.0 Å². The van der Waals surface area contributed by atoms with Gasteiger partial charge in [-0.15, -0.1) is 0 Å². The highest BCUT2D eigenvalue weighted by Crippen LogP contribution is 2.30. The summed E-state index contributed by atoms with van der Waals surface area (Å²) in [5, 5.41) is 4.94. The Balaban J connectivity index is 1.95. The molecule has 0 aliphatic carbocycles. The van der Waals surface area contributed by atoms with Crippen molar-refractivity contribution in [2.75, 3.05) is 18.0 Å². The van der Waals surface area contributed by atoms with Crippen molar-refractivity contribution < 1.29 is 0 Å². The Morgan fingerprint density at radius 3 is 2.67 bits per heavy atom. The topological polar surface area (TPSA) is 66.8 Å². The van der Waals surface area contributed by atoms with Gasteiger partial charge in [0.2, 0.25) is 5.95 Å². The minimum atomic E-state index is -0.205. The summed E-state index contributed by atoms with van der Waals surface area (Å²) in [7, 11) is 0. The lowest BCUT2D eigenvalue weighted by Gasteiger charge is -2.23. The molecule has 1 atom stereocenters. The minimum absolute atomic E-state index is 0.100. The second kappa shape index (κ2) is 6.22. The van der Waals surface area contributed by atoms with Gasteiger partial charge in [-0.1, -0.05) is 26.7 Å². The Bertz CT molecular complexity index is 766. The molecule has 0 aromatic carbocycles. The predicted octanol–water partition coefficient (Wildman–Crippen LogP) is 3.14. The third-order valence-electron chi connectivity index (χ3n) is 5.30. The molecule has 6 nitrogen and oxygen atoms in total. The van der Waals surface area contributed by atoms with E-state index in [2.05, 4.69) is 49.6 Å². The monoisotopic (exact) mass is 331 g/mol. The number of fused-ring (bicyclic) bond motifs is 1. The highest BCUT2D eigenvalue weighted by molar-refractivity contribution is 5.74. The van der Waals surface area contributed by atoms with Crippen LogP contribution in [0.15, 0.2) is 11.0 Å².